The number of rotatable bonds is 4. The van der Waals surface area contributed by atoms with E-state index < -0.39 is 0 Å². The van der Waals surface area contributed by atoms with Crippen molar-refractivity contribution in [3.8, 4) is 0 Å². The molecule has 172 valence electrons. The molecule has 0 saturated carbocycles. The zero-order valence-electron chi connectivity index (χ0n) is 21.7. The fourth-order valence-electron chi connectivity index (χ4n) is 3.65. The molecule has 2 atom stereocenters. The zero-order valence-corrected chi connectivity index (χ0v) is 21.7. The third-order valence-corrected chi connectivity index (χ3v) is 5.92. The summed E-state index contributed by atoms with van der Waals surface area (Å²) in [4.78, 5) is 0. The topological polar surface area (TPSA) is 0 Å². The van der Waals surface area contributed by atoms with Crippen LogP contribution in [0.2, 0.25) is 0 Å². The van der Waals surface area contributed by atoms with E-state index in [4.69, 9.17) is 0 Å². The minimum atomic E-state index is 0.654. The summed E-state index contributed by atoms with van der Waals surface area (Å²) in [6.45, 7) is 17.1. The molecule has 0 aromatic heterocycles. The first-order chi connectivity index (χ1) is 15.6. The first-order valence-corrected chi connectivity index (χ1v) is 12.6. The Morgan fingerprint density at radius 3 is 1.69 bits per heavy atom. The Morgan fingerprint density at radius 2 is 1.06 bits per heavy atom. The van der Waals surface area contributed by atoms with Gasteiger partial charge >= 0.3 is 0 Å². The van der Waals surface area contributed by atoms with E-state index in [9.17, 15) is 0 Å². The molecule has 0 nitrogen and oxygen atoms in total. The summed E-state index contributed by atoms with van der Waals surface area (Å²) in [5, 5.41) is 5.44. The van der Waals surface area contributed by atoms with Crippen LogP contribution in [0.25, 0.3) is 21.5 Å². The van der Waals surface area contributed by atoms with Crippen LogP contribution < -0.4 is 0 Å². The van der Waals surface area contributed by atoms with E-state index >= 15 is 0 Å². The van der Waals surface area contributed by atoms with E-state index in [1.807, 2.05) is 27.7 Å². The molecule has 4 rings (SSSR count). The molecule has 0 heterocycles. The smallest absolute Gasteiger partial charge is 0.0149 e. The highest BCUT2D eigenvalue weighted by atomic mass is 14.1. The molecule has 4 aromatic rings. The summed E-state index contributed by atoms with van der Waals surface area (Å²) < 4.78 is 0. The SMILES string of the molecule is CC.CC.CCC(C)c1ccc2ccccc2c1.CCC(C)c1cccc2ccccc12. The zero-order chi connectivity index (χ0) is 23.9. The lowest BCUT2D eigenvalue weighted by Crippen LogP contribution is -1.92. The van der Waals surface area contributed by atoms with Crippen LogP contribution in [0.4, 0.5) is 0 Å². The van der Waals surface area contributed by atoms with Crippen molar-refractivity contribution in [1.29, 1.82) is 0 Å². The van der Waals surface area contributed by atoms with Gasteiger partial charge in [-0.1, -0.05) is 140 Å². The first kappa shape index (κ1) is 27.4. The maximum atomic E-state index is 2.31. The first-order valence-electron chi connectivity index (χ1n) is 12.6. The number of hydrogen-bond donors (Lipinski definition) is 0. The van der Waals surface area contributed by atoms with Crippen LogP contribution in [0, 0.1) is 0 Å². The van der Waals surface area contributed by atoms with E-state index in [-0.39, 0.29) is 0 Å². The molecule has 0 saturated heterocycles. The second kappa shape index (κ2) is 15.2. The molecule has 0 heteroatoms. The summed E-state index contributed by atoms with van der Waals surface area (Å²) >= 11 is 0. The predicted molar refractivity (Wildman–Crippen MR) is 148 cm³/mol. The number of fused-ring (bicyclic) bond motifs is 2. The Balaban J connectivity index is 0.000000277. The molecule has 0 aliphatic heterocycles. The Kier molecular flexibility index (Phi) is 13.1. The van der Waals surface area contributed by atoms with Gasteiger partial charge < -0.3 is 0 Å². The molecule has 0 aliphatic rings. The molecule has 0 N–H and O–H groups in total. The molecule has 2 unspecified atom stereocenters. The minimum Gasteiger partial charge on any atom is -0.0683 e. The van der Waals surface area contributed by atoms with Gasteiger partial charge in [-0.3, -0.25) is 0 Å². The van der Waals surface area contributed by atoms with Crippen LogP contribution in [0.1, 0.15) is 91.2 Å². The van der Waals surface area contributed by atoms with Crippen molar-refractivity contribution in [3.63, 3.8) is 0 Å². The van der Waals surface area contributed by atoms with Gasteiger partial charge in [0.05, 0.1) is 0 Å². The van der Waals surface area contributed by atoms with E-state index in [1.165, 1.54) is 45.5 Å². The Labute approximate surface area is 197 Å². The lowest BCUT2D eigenvalue weighted by Gasteiger charge is -2.12. The van der Waals surface area contributed by atoms with Crippen molar-refractivity contribution < 1.29 is 0 Å². The predicted octanol–water partition coefficient (Wildman–Crippen LogP) is 10.8. The monoisotopic (exact) mass is 428 g/mol. The molecule has 0 aliphatic carbocycles. The summed E-state index contributed by atoms with van der Waals surface area (Å²) in [5.74, 6) is 1.32. The average Bonchev–Trinajstić information content (AvgIpc) is 2.89. The maximum Gasteiger partial charge on any atom is -0.0149 e. The summed E-state index contributed by atoms with van der Waals surface area (Å²) in [6, 6.07) is 30.5. The van der Waals surface area contributed by atoms with Crippen molar-refractivity contribution >= 4 is 21.5 Å². The second-order valence-corrected chi connectivity index (χ2v) is 7.79. The van der Waals surface area contributed by atoms with E-state index in [1.54, 1.807) is 0 Å². The van der Waals surface area contributed by atoms with Gasteiger partial charge in [-0.15, -0.1) is 0 Å². The third kappa shape index (κ3) is 7.52. The fraction of sp³-hybridized carbons (Fsp3) is 0.375. The Hall–Kier alpha value is -2.60. The number of benzene rings is 4. The van der Waals surface area contributed by atoms with Crippen LogP contribution in [-0.4, -0.2) is 0 Å². The highest BCUT2D eigenvalue weighted by Gasteiger charge is 2.06. The Bertz CT molecular complexity index is 1020. The number of hydrogen-bond acceptors (Lipinski definition) is 0. The molecule has 0 bridgehead atoms. The summed E-state index contributed by atoms with van der Waals surface area (Å²) in [7, 11) is 0. The molecular formula is C32H44. The van der Waals surface area contributed by atoms with Crippen LogP contribution in [-0.2, 0) is 0 Å². The minimum absolute atomic E-state index is 0.654. The lowest BCUT2D eigenvalue weighted by molar-refractivity contribution is 0.735. The van der Waals surface area contributed by atoms with Gasteiger partial charge in [0.1, 0.15) is 0 Å². The molecule has 4 aromatic carbocycles. The van der Waals surface area contributed by atoms with Gasteiger partial charge in [0.25, 0.3) is 0 Å². The van der Waals surface area contributed by atoms with Gasteiger partial charge in [0, 0.05) is 0 Å². The normalized spacial score (nSPS) is 11.8. The lowest BCUT2D eigenvalue weighted by atomic mass is 9.93. The van der Waals surface area contributed by atoms with E-state index in [2.05, 4.69) is 113 Å². The molecule has 0 spiro atoms. The van der Waals surface area contributed by atoms with E-state index in [0.29, 0.717) is 11.8 Å². The maximum absolute atomic E-state index is 2.31. The van der Waals surface area contributed by atoms with Gasteiger partial charge in [0.2, 0.25) is 0 Å². The highest BCUT2D eigenvalue weighted by Crippen LogP contribution is 2.27. The van der Waals surface area contributed by atoms with Crippen LogP contribution in [0.3, 0.4) is 0 Å². The fourth-order valence-corrected chi connectivity index (χ4v) is 3.65. The largest absolute Gasteiger partial charge is 0.0683 e. The molecule has 0 radical (unpaired) electrons. The van der Waals surface area contributed by atoms with Gasteiger partial charge in [-0.05, 0) is 57.3 Å². The van der Waals surface area contributed by atoms with Crippen molar-refractivity contribution in [2.24, 2.45) is 0 Å². The van der Waals surface area contributed by atoms with Crippen molar-refractivity contribution in [2.45, 2.75) is 80.1 Å². The van der Waals surface area contributed by atoms with Crippen molar-refractivity contribution in [1.82, 2.24) is 0 Å². The standard InChI is InChI=1S/2C14H16.2C2H6/c1-3-11(2)13-10-6-8-12-7-4-5-9-14(12)13;1-3-11(2)13-9-8-12-6-4-5-7-14(12)10-13;2*1-2/h2*4-11H,3H2,1-2H3;2*1-2H3. The van der Waals surface area contributed by atoms with Gasteiger partial charge in [-0.25, -0.2) is 0 Å². The summed E-state index contributed by atoms with van der Waals surface area (Å²) in [5.41, 5.74) is 2.93. The highest BCUT2D eigenvalue weighted by molar-refractivity contribution is 5.86. The van der Waals surface area contributed by atoms with Crippen LogP contribution >= 0.6 is 0 Å². The van der Waals surface area contributed by atoms with Gasteiger partial charge in [-0.2, -0.15) is 0 Å². The molecule has 32 heavy (non-hydrogen) atoms. The molecule has 0 fully saturated rings. The second-order valence-electron chi connectivity index (χ2n) is 7.79. The quantitative estimate of drug-likeness (QED) is 0.303. The third-order valence-electron chi connectivity index (χ3n) is 5.92. The van der Waals surface area contributed by atoms with Gasteiger partial charge in [0.15, 0.2) is 0 Å². The Morgan fingerprint density at radius 1 is 0.531 bits per heavy atom. The molecular weight excluding hydrogens is 384 g/mol. The van der Waals surface area contributed by atoms with Crippen molar-refractivity contribution in [2.75, 3.05) is 0 Å². The van der Waals surface area contributed by atoms with Crippen LogP contribution in [0.15, 0.2) is 84.9 Å². The van der Waals surface area contributed by atoms with E-state index in [0.717, 1.165) is 0 Å². The van der Waals surface area contributed by atoms with Crippen molar-refractivity contribution in [3.05, 3.63) is 96.1 Å². The average molecular weight is 429 g/mol. The summed E-state index contributed by atoms with van der Waals surface area (Å²) in [6.07, 6.45) is 2.41. The molecule has 0 amide bonds. The van der Waals surface area contributed by atoms with Crippen LogP contribution in [0.5, 0.6) is 0 Å².